The van der Waals surface area contributed by atoms with Gasteiger partial charge in [-0.05, 0) is 63.7 Å². The van der Waals surface area contributed by atoms with E-state index in [4.69, 9.17) is 5.11 Å². The SMILES string of the molecule is CCCC[C@@](C)(O)C/C=C/[C@H]1[C@H]2CC(CCCCC(=O)O)=C[C@H]2C[C@H]1O. The molecule has 2 aliphatic carbocycles. The van der Waals surface area contributed by atoms with Crippen molar-refractivity contribution in [3.8, 4) is 0 Å². The maximum atomic E-state index is 10.6. The van der Waals surface area contributed by atoms with Crippen LogP contribution in [0.25, 0.3) is 0 Å². The molecule has 0 heterocycles. The fourth-order valence-electron chi connectivity index (χ4n) is 4.56. The Labute approximate surface area is 158 Å². The zero-order valence-corrected chi connectivity index (χ0v) is 16.4. The Bertz CT molecular complexity index is 520. The fraction of sp³-hybridized carbons (Fsp3) is 0.773. The smallest absolute Gasteiger partial charge is 0.303 e. The number of fused-ring (bicyclic) bond motifs is 1. The van der Waals surface area contributed by atoms with Gasteiger partial charge in [0, 0.05) is 12.3 Å². The van der Waals surface area contributed by atoms with E-state index in [9.17, 15) is 15.0 Å². The molecule has 2 aliphatic rings. The van der Waals surface area contributed by atoms with Crippen molar-refractivity contribution in [2.24, 2.45) is 17.8 Å². The summed E-state index contributed by atoms with van der Waals surface area (Å²) in [5, 5.41) is 29.5. The monoisotopic (exact) mass is 364 g/mol. The number of aliphatic hydroxyl groups excluding tert-OH is 1. The second-order valence-electron chi connectivity index (χ2n) is 8.57. The highest BCUT2D eigenvalue weighted by molar-refractivity contribution is 5.66. The van der Waals surface area contributed by atoms with Crippen LogP contribution in [0.2, 0.25) is 0 Å². The molecule has 0 aromatic heterocycles. The maximum Gasteiger partial charge on any atom is 0.303 e. The van der Waals surface area contributed by atoms with Gasteiger partial charge in [-0.3, -0.25) is 4.79 Å². The molecule has 0 aliphatic heterocycles. The number of aliphatic carboxylic acids is 1. The molecule has 5 atom stereocenters. The molecule has 3 N–H and O–H groups in total. The molecule has 0 spiro atoms. The first-order valence-electron chi connectivity index (χ1n) is 10.3. The van der Waals surface area contributed by atoms with Gasteiger partial charge in [0.05, 0.1) is 11.7 Å². The third kappa shape index (κ3) is 6.24. The molecule has 0 radical (unpaired) electrons. The average molecular weight is 365 g/mol. The number of aliphatic hydroxyl groups is 2. The first kappa shape index (κ1) is 21.2. The number of carboxylic acid groups (broad SMARTS) is 1. The summed E-state index contributed by atoms with van der Waals surface area (Å²) in [5.41, 5.74) is 0.782. The van der Waals surface area contributed by atoms with Crippen molar-refractivity contribution in [3.63, 3.8) is 0 Å². The number of carbonyl (C=O) groups is 1. The summed E-state index contributed by atoms with van der Waals surface area (Å²) >= 11 is 0. The van der Waals surface area contributed by atoms with E-state index in [1.807, 2.05) is 6.92 Å². The molecule has 2 rings (SSSR count). The molecule has 0 amide bonds. The zero-order valence-electron chi connectivity index (χ0n) is 16.4. The summed E-state index contributed by atoms with van der Waals surface area (Å²) in [6.45, 7) is 4.03. The van der Waals surface area contributed by atoms with Gasteiger partial charge in [-0.1, -0.05) is 43.6 Å². The molecule has 0 aromatic rings. The molecular formula is C22H36O4. The lowest BCUT2D eigenvalue weighted by Gasteiger charge is -2.22. The van der Waals surface area contributed by atoms with E-state index in [0.29, 0.717) is 18.3 Å². The van der Waals surface area contributed by atoms with Crippen molar-refractivity contribution >= 4 is 5.97 Å². The molecule has 148 valence electrons. The van der Waals surface area contributed by atoms with Crippen LogP contribution in [0.1, 0.15) is 78.1 Å². The highest BCUT2D eigenvalue weighted by Crippen LogP contribution is 2.48. The molecule has 4 nitrogen and oxygen atoms in total. The van der Waals surface area contributed by atoms with Gasteiger partial charge < -0.3 is 15.3 Å². The summed E-state index contributed by atoms with van der Waals surface area (Å²) in [6.07, 6.45) is 14.6. The van der Waals surface area contributed by atoms with Gasteiger partial charge in [0.2, 0.25) is 0 Å². The second-order valence-corrected chi connectivity index (χ2v) is 8.57. The molecule has 26 heavy (non-hydrogen) atoms. The van der Waals surface area contributed by atoms with Gasteiger partial charge in [0.15, 0.2) is 0 Å². The number of hydrogen-bond donors (Lipinski definition) is 3. The van der Waals surface area contributed by atoms with Crippen LogP contribution in [0, 0.1) is 17.8 Å². The van der Waals surface area contributed by atoms with E-state index in [2.05, 4.69) is 25.2 Å². The standard InChI is InChI=1S/C22H36O4/c1-3-4-11-22(2,26)12-7-9-18-19-14-16(8-5-6-10-21(24)25)13-17(19)15-20(18)23/h7,9,13,17-20,23,26H,3-6,8,10-12,14-15H2,1-2H3,(H,24,25)/b9-7+/t17-,18-,19-,20+,22+/m0/s1. The van der Waals surface area contributed by atoms with E-state index in [0.717, 1.165) is 51.4 Å². The average Bonchev–Trinajstić information content (AvgIpc) is 3.07. The second kappa shape index (κ2) is 9.70. The van der Waals surface area contributed by atoms with E-state index in [1.165, 1.54) is 5.57 Å². The number of carboxylic acids is 1. The lowest BCUT2D eigenvalue weighted by Crippen LogP contribution is -2.23. The van der Waals surface area contributed by atoms with Crippen LogP contribution in [0.3, 0.4) is 0 Å². The van der Waals surface area contributed by atoms with Crippen LogP contribution < -0.4 is 0 Å². The van der Waals surface area contributed by atoms with Crippen LogP contribution in [-0.2, 0) is 4.79 Å². The predicted molar refractivity (Wildman–Crippen MR) is 104 cm³/mol. The highest BCUT2D eigenvalue weighted by atomic mass is 16.4. The number of hydrogen-bond acceptors (Lipinski definition) is 3. The lowest BCUT2D eigenvalue weighted by atomic mass is 9.87. The first-order chi connectivity index (χ1) is 12.3. The maximum absolute atomic E-state index is 10.6. The van der Waals surface area contributed by atoms with Crippen LogP contribution >= 0.6 is 0 Å². The minimum absolute atomic E-state index is 0.176. The third-order valence-electron chi connectivity index (χ3n) is 6.07. The normalized spacial score (nSPS) is 30.4. The van der Waals surface area contributed by atoms with E-state index < -0.39 is 11.6 Å². The van der Waals surface area contributed by atoms with Crippen molar-refractivity contribution in [2.75, 3.05) is 0 Å². The summed E-state index contributed by atoms with van der Waals surface area (Å²) in [6, 6.07) is 0. The predicted octanol–water partition coefficient (Wildman–Crippen LogP) is 4.46. The quantitative estimate of drug-likeness (QED) is 0.373. The molecule has 0 saturated heterocycles. The van der Waals surface area contributed by atoms with Crippen LogP contribution in [-0.4, -0.2) is 33.0 Å². The number of unbranched alkanes of at least 4 members (excludes halogenated alkanes) is 2. The summed E-state index contributed by atoms with van der Waals surface area (Å²) in [7, 11) is 0. The van der Waals surface area contributed by atoms with Crippen LogP contribution in [0.5, 0.6) is 0 Å². The minimum Gasteiger partial charge on any atom is -0.481 e. The Morgan fingerprint density at radius 2 is 2.12 bits per heavy atom. The molecular weight excluding hydrogens is 328 g/mol. The lowest BCUT2D eigenvalue weighted by molar-refractivity contribution is -0.137. The van der Waals surface area contributed by atoms with Crippen molar-refractivity contribution in [3.05, 3.63) is 23.8 Å². The summed E-state index contributed by atoms with van der Waals surface area (Å²) in [5.74, 6) is 0.381. The van der Waals surface area contributed by atoms with Gasteiger partial charge in [0.1, 0.15) is 0 Å². The van der Waals surface area contributed by atoms with Crippen LogP contribution in [0.4, 0.5) is 0 Å². The first-order valence-corrected chi connectivity index (χ1v) is 10.3. The van der Waals surface area contributed by atoms with Crippen molar-refractivity contribution in [2.45, 2.75) is 89.8 Å². The molecule has 0 aromatic carbocycles. The highest BCUT2D eigenvalue weighted by Gasteiger charge is 2.43. The van der Waals surface area contributed by atoms with E-state index in [-0.39, 0.29) is 18.4 Å². The van der Waals surface area contributed by atoms with Crippen molar-refractivity contribution in [1.82, 2.24) is 0 Å². The Kier molecular flexibility index (Phi) is 7.90. The molecule has 0 unspecified atom stereocenters. The Morgan fingerprint density at radius 1 is 1.35 bits per heavy atom. The molecule has 1 saturated carbocycles. The van der Waals surface area contributed by atoms with E-state index in [1.54, 1.807) is 0 Å². The topological polar surface area (TPSA) is 77.8 Å². The molecule has 4 heteroatoms. The van der Waals surface area contributed by atoms with Crippen molar-refractivity contribution in [1.29, 1.82) is 0 Å². The van der Waals surface area contributed by atoms with E-state index >= 15 is 0 Å². The molecule has 0 bridgehead atoms. The van der Waals surface area contributed by atoms with Gasteiger partial charge in [-0.2, -0.15) is 0 Å². The fourth-order valence-corrected chi connectivity index (χ4v) is 4.56. The van der Waals surface area contributed by atoms with Crippen molar-refractivity contribution < 1.29 is 20.1 Å². The number of allylic oxidation sites excluding steroid dienone is 2. The van der Waals surface area contributed by atoms with Crippen LogP contribution in [0.15, 0.2) is 23.8 Å². The third-order valence-corrected chi connectivity index (χ3v) is 6.07. The van der Waals surface area contributed by atoms with Gasteiger partial charge in [0.25, 0.3) is 0 Å². The van der Waals surface area contributed by atoms with Gasteiger partial charge >= 0.3 is 5.97 Å². The summed E-state index contributed by atoms with van der Waals surface area (Å²) < 4.78 is 0. The molecule has 1 fully saturated rings. The number of rotatable bonds is 11. The van der Waals surface area contributed by atoms with Gasteiger partial charge in [-0.15, -0.1) is 0 Å². The Morgan fingerprint density at radius 3 is 2.81 bits per heavy atom. The summed E-state index contributed by atoms with van der Waals surface area (Å²) in [4.78, 5) is 10.6. The zero-order chi connectivity index (χ0) is 19.2. The minimum atomic E-state index is -0.717. The Balaban J connectivity index is 1.81. The van der Waals surface area contributed by atoms with Gasteiger partial charge in [-0.25, -0.2) is 0 Å². The largest absolute Gasteiger partial charge is 0.481 e. The Hall–Kier alpha value is -1.13.